The lowest BCUT2D eigenvalue weighted by atomic mass is 9.92. The molecule has 0 saturated heterocycles. The van der Waals surface area contributed by atoms with E-state index in [0.717, 1.165) is 38.6 Å². The lowest BCUT2D eigenvalue weighted by Gasteiger charge is -2.28. The minimum absolute atomic E-state index is 0. The van der Waals surface area contributed by atoms with Crippen LogP contribution in [0.15, 0.2) is 11.4 Å². The van der Waals surface area contributed by atoms with Crippen molar-refractivity contribution in [3.63, 3.8) is 0 Å². The van der Waals surface area contributed by atoms with Crippen molar-refractivity contribution in [1.82, 2.24) is 10.2 Å². The Balaban J connectivity index is 0.00000208. The number of rotatable bonds is 4. The maximum atomic E-state index is 12.3. The van der Waals surface area contributed by atoms with Crippen molar-refractivity contribution < 1.29 is 9.59 Å². The zero-order chi connectivity index (χ0) is 16.2. The third kappa shape index (κ3) is 4.94. The molecular weight excluding hydrogens is 346 g/mol. The highest BCUT2D eigenvalue weighted by Gasteiger charge is 2.23. The first-order valence-electron chi connectivity index (χ1n) is 8.50. The number of fused-ring (bicyclic) bond motifs is 1. The quantitative estimate of drug-likeness (QED) is 0.852. The second-order valence-electron chi connectivity index (χ2n) is 6.61. The first-order chi connectivity index (χ1) is 11.1. The second kappa shape index (κ2) is 8.83. The Morgan fingerprint density at radius 1 is 1.25 bits per heavy atom. The molecule has 5 nitrogen and oxygen atoms in total. The molecule has 1 aromatic heterocycles. The number of nitrogens with one attached hydrogen (secondary N) is 1. The number of amides is 2. The van der Waals surface area contributed by atoms with Gasteiger partial charge in [-0.2, -0.15) is 0 Å². The van der Waals surface area contributed by atoms with Crippen molar-refractivity contribution in [3.8, 4) is 0 Å². The van der Waals surface area contributed by atoms with Gasteiger partial charge in [-0.15, -0.1) is 23.7 Å². The number of halogens is 1. The molecule has 0 spiro atoms. The average Bonchev–Trinajstić information content (AvgIpc) is 3.02. The van der Waals surface area contributed by atoms with E-state index in [1.807, 2.05) is 4.90 Å². The van der Waals surface area contributed by atoms with Crippen LogP contribution in [0.3, 0.4) is 0 Å². The van der Waals surface area contributed by atoms with Crippen LogP contribution < -0.4 is 11.1 Å². The molecule has 2 heterocycles. The van der Waals surface area contributed by atoms with Gasteiger partial charge in [0, 0.05) is 42.9 Å². The van der Waals surface area contributed by atoms with E-state index in [1.54, 1.807) is 11.3 Å². The van der Waals surface area contributed by atoms with E-state index >= 15 is 0 Å². The zero-order valence-electron chi connectivity index (χ0n) is 13.8. The molecule has 1 fully saturated rings. The van der Waals surface area contributed by atoms with Crippen LogP contribution in [-0.2, 0) is 22.6 Å². The van der Waals surface area contributed by atoms with Crippen LogP contribution in [-0.4, -0.2) is 35.3 Å². The van der Waals surface area contributed by atoms with E-state index in [0.29, 0.717) is 13.0 Å². The lowest BCUT2D eigenvalue weighted by Crippen LogP contribution is -2.41. The highest BCUT2D eigenvalue weighted by atomic mass is 35.5. The summed E-state index contributed by atoms with van der Waals surface area (Å²) in [4.78, 5) is 27.6. The summed E-state index contributed by atoms with van der Waals surface area (Å²) in [7, 11) is 0. The number of nitrogens with zero attached hydrogens (tertiary/aromatic N) is 1. The summed E-state index contributed by atoms with van der Waals surface area (Å²) >= 11 is 1.77. The topological polar surface area (TPSA) is 75.4 Å². The molecule has 1 saturated carbocycles. The molecular formula is C17H26ClN3O2S. The molecule has 3 rings (SSSR count). The van der Waals surface area contributed by atoms with Crippen LogP contribution >= 0.6 is 23.7 Å². The molecule has 2 amide bonds. The highest BCUT2D eigenvalue weighted by molar-refractivity contribution is 7.10. The summed E-state index contributed by atoms with van der Waals surface area (Å²) in [6.45, 7) is 1.47. The second-order valence-corrected chi connectivity index (χ2v) is 7.61. The van der Waals surface area contributed by atoms with Gasteiger partial charge in [-0.3, -0.25) is 9.59 Å². The fourth-order valence-electron chi connectivity index (χ4n) is 3.40. The van der Waals surface area contributed by atoms with Crippen molar-refractivity contribution in [1.29, 1.82) is 0 Å². The predicted molar refractivity (Wildman–Crippen MR) is 98.3 cm³/mol. The minimum atomic E-state index is -0.00736. The van der Waals surface area contributed by atoms with Gasteiger partial charge in [-0.25, -0.2) is 0 Å². The van der Waals surface area contributed by atoms with Gasteiger partial charge in [0.1, 0.15) is 0 Å². The van der Waals surface area contributed by atoms with Crippen LogP contribution in [0, 0.1) is 0 Å². The number of carbonyl (C=O) groups is 2. The van der Waals surface area contributed by atoms with E-state index in [9.17, 15) is 9.59 Å². The van der Waals surface area contributed by atoms with Crippen molar-refractivity contribution in [2.24, 2.45) is 5.73 Å². The maximum Gasteiger partial charge on any atom is 0.223 e. The molecule has 0 atom stereocenters. The molecule has 2 aliphatic rings. The maximum absolute atomic E-state index is 12.3. The van der Waals surface area contributed by atoms with E-state index in [-0.39, 0.29) is 42.7 Å². The molecule has 7 heteroatoms. The van der Waals surface area contributed by atoms with Gasteiger partial charge in [-0.05, 0) is 49.1 Å². The van der Waals surface area contributed by atoms with E-state index < -0.39 is 0 Å². The molecule has 0 radical (unpaired) electrons. The van der Waals surface area contributed by atoms with Crippen LogP contribution in [0.4, 0.5) is 0 Å². The Kier molecular flexibility index (Phi) is 7.07. The Morgan fingerprint density at radius 2 is 2.00 bits per heavy atom. The van der Waals surface area contributed by atoms with Crippen LogP contribution in [0.1, 0.15) is 49.0 Å². The average molecular weight is 372 g/mol. The smallest absolute Gasteiger partial charge is 0.223 e. The minimum Gasteiger partial charge on any atom is -0.353 e. The van der Waals surface area contributed by atoms with Crippen molar-refractivity contribution >= 4 is 35.6 Å². The Hall–Kier alpha value is -1.11. The molecule has 1 aliphatic carbocycles. The van der Waals surface area contributed by atoms with Gasteiger partial charge in [0.2, 0.25) is 11.8 Å². The summed E-state index contributed by atoms with van der Waals surface area (Å²) in [5, 5.41) is 5.13. The molecule has 1 aliphatic heterocycles. The summed E-state index contributed by atoms with van der Waals surface area (Å²) < 4.78 is 0. The molecule has 0 aromatic carbocycles. The molecule has 0 unspecified atom stereocenters. The Bertz CT molecular complexity index is 570. The van der Waals surface area contributed by atoms with E-state index in [4.69, 9.17) is 5.73 Å². The Labute approximate surface area is 153 Å². The molecule has 1 aromatic rings. The van der Waals surface area contributed by atoms with E-state index in [1.165, 1.54) is 10.4 Å². The molecule has 134 valence electrons. The first-order valence-corrected chi connectivity index (χ1v) is 9.38. The lowest BCUT2D eigenvalue weighted by molar-refractivity contribution is -0.134. The van der Waals surface area contributed by atoms with Crippen molar-refractivity contribution in [2.75, 3.05) is 6.54 Å². The standard InChI is InChI=1S/C17H25N3O2S.ClH/c18-13-1-3-14(4-2-13)19-16(21)5-6-17(22)20-9-7-15-12(11-20)8-10-23-15;/h8,10,13-14H,1-7,9,11,18H2,(H,19,21);1H. The highest BCUT2D eigenvalue weighted by Crippen LogP contribution is 2.24. The number of nitrogens with two attached hydrogens (primary N) is 1. The van der Waals surface area contributed by atoms with Gasteiger partial charge in [0.05, 0.1) is 0 Å². The Morgan fingerprint density at radius 3 is 2.75 bits per heavy atom. The van der Waals surface area contributed by atoms with Gasteiger partial charge in [0.15, 0.2) is 0 Å². The molecule has 0 bridgehead atoms. The normalized spacial score (nSPS) is 23.1. The number of hydrogen-bond acceptors (Lipinski definition) is 4. The fraction of sp³-hybridized carbons (Fsp3) is 0.647. The fourth-order valence-corrected chi connectivity index (χ4v) is 4.29. The number of thiophene rings is 1. The third-order valence-electron chi connectivity index (χ3n) is 4.86. The van der Waals surface area contributed by atoms with Crippen LogP contribution in [0.2, 0.25) is 0 Å². The summed E-state index contributed by atoms with van der Waals surface area (Å²) in [5.41, 5.74) is 7.13. The van der Waals surface area contributed by atoms with Crippen molar-refractivity contribution in [3.05, 3.63) is 21.9 Å². The number of hydrogen-bond donors (Lipinski definition) is 2. The largest absolute Gasteiger partial charge is 0.353 e. The first kappa shape index (κ1) is 19.2. The SMILES string of the molecule is Cl.NC1CCC(NC(=O)CCC(=O)N2CCc3sccc3C2)CC1. The van der Waals surface area contributed by atoms with Crippen LogP contribution in [0.5, 0.6) is 0 Å². The monoisotopic (exact) mass is 371 g/mol. The van der Waals surface area contributed by atoms with E-state index in [2.05, 4.69) is 16.8 Å². The zero-order valence-corrected chi connectivity index (χ0v) is 15.5. The third-order valence-corrected chi connectivity index (χ3v) is 5.89. The van der Waals surface area contributed by atoms with Crippen molar-refractivity contribution in [2.45, 2.75) is 63.6 Å². The summed E-state index contributed by atoms with van der Waals surface area (Å²) in [5.74, 6) is 0.0784. The van der Waals surface area contributed by atoms with Gasteiger partial charge in [0.25, 0.3) is 0 Å². The van der Waals surface area contributed by atoms with Gasteiger partial charge < -0.3 is 16.0 Å². The van der Waals surface area contributed by atoms with Gasteiger partial charge in [-0.1, -0.05) is 0 Å². The van der Waals surface area contributed by atoms with Crippen LogP contribution in [0.25, 0.3) is 0 Å². The molecule has 3 N–H and O–H groups in total. The summed E-state index contributed by atoms with van der Waals surface area (Å²) in [6.07, 6.45) is 5.38. The van der Waals surface area contributed by atoms with Gasteiger partial charge >= 0.3 is 0 Å². The summed E-state index contributed by atoms with van der Waals surface area (Å²) in [6, 6.07) is 2.62. The predicted octanol–water partition coefficient (Wildman–Crippen LogP) is 2.22. The number of carbonyl (C=O) groups excluding carboxylic acids is 2. The molecule has 24 heavy (non-hydrogen) atoms.